The number of carbonyl (C=O) groups excluding carboxylic acids is 2. The number of nitrogens with zero attached hydrogens (tertiary/aromatic N) is 2. The molecule has 1 saturated carbocycles. The molecule has 6 rings (SSSR count). The van der Waals surface area contributed by atoms with Crippen LogP contribution in [0.5, 0.6) is 5.75 Å². The Hall–Kier alpha value is -4.62. The highest BCUT2D eigenvalue weighted by Gasteiger charge is 2.24. The van der Waals surface area contributed by atoms with Crippen molar-refractivity contribution in [3.8, 4) is 28.3 Å². The second kappa shape index (κ2) is 13.6. The van der Waals surface area contributed by atoms with E-state index in [4.69, 9.17) is 30.8 Å². The van der Waals surface area contributed by atoms with Crippen molar-refractivity contribution in [2.45, 2.75) is 71.1 Å². The summed E-state index contributed by atoms with van der Waals surface area (Å²) in [6.45, 7) is 5.85. The molecule has 7 nitrogen and oxygen atoms in total. The number of imidazole rings is 1. The summed E-state index contributed by atoms with van der Waals surface area (Å²) >= 11 is 6.17. The molecule has 0 unspecified atom stereocenters. The van der Waals surface area contributed by atoms with Gasteiger partial charge in [0.1, 0.15) is 23.8 Å². The average molecular weight is 651 g/mol. The molecule has 1 aromatic heterocycles. The highest BCUT2D eigenvalue weighted by Crippen LogP contribution is 2.37. The molecule has 0 aliphatic heterocycles. The van der Waals surface area contributed by atoms with Gasteiger partial charge in [-0.1, -0.05) is 49.1 Å². The first-order valence-electron chi connectivity index (χ1n) is 16.1. The Labute approximate surface area is 280 Å². The highest BCUT2D eigenvalue weighted by atomic mass is 35.5. The zero-order chi connectivity index (χ0) is 33.1. The smallest absolute Gasteiger partial charge is 0.338 e. The molecule has 47 heavy (non-hydrogen) atoms. The van der Waals surface area contributed by atoms with Gasteiger partial charge in [-0.25, -0.2) is 14.6 Å². The number of methoxy groups -OCH3 is 1. The number of hydrogen-bond donors (Lipinski definition) is 0. The first-order chi connectivity index (χ1) is 22.6. The second-order valence-electron chi connectivity index (χ2n) is 13.0. The molecule has 0 saturated heterocycles. The molecule has 5 aromatic rings. The quantitative estimate of drug-likeness (QED) is 0.156. The van der Waals surface area contributed by atoms with Crippen molar-refractivity contribution in [2.24, 2.45) is 0 Å². The van der Waals surface area contributed by atoms with Crippen LogP contribution in [0.3, 0.4) is 0 Å². The number of ether oxygens (including phenoxy) is 3. The lowest BCUT2D eigenvalue weighted by Crippen LogP contribution is -2.24. The fourth-order valence-electron chi connectivity index (χ4n) is 6.18. The number of esters is 2. The summed E-state index contributed by atoms with van der Waals surface area (Å²) in [5, 5.41) is 0.635. The molecule has 0 radical (unpaired) electrons. The Morgan fingerprint density at radius 3 is 2.17 bits per heavy atom. The SMILES string of the molecule is COC(=O)c1ccc2c(c1)nc(-c1ccc(OCc3ccc(C(=O)OC(C)(C)C)cc3-c3ccc(Cl)cc3)cc1)n2C1CCCCC1. The van der Waals surface area contributed by atoms with Gasteiger partial charge in [0.05, 0.1) is 29.3 Å². The monoisotopic (exact) mass is 650 g/mol. The van der Waals surface area contributed by atoms with Crippen molar-refractivity contribution in [1.82, 2.24) is 9.55 Å². The summed E-state index contributed by atoms with van der Waals surface area (Å²) in [6.07, 6.45) is 5.82. The van der Waals surface area contributed by atoms with Crippen LogP contribution < -0.4 is 4.74 Å². The highest BCUT2D eigenvalue weighted by molar-refractivity contribution is 6.30. The van der Waals surface area contributed by atoms with E-state index in [-0.39, 0.29) is 11.9 Å². The van der Waals surface area contributed by atoms with Crippen molar-refractivity contribution in [1.29, 1.82) is 0 Å². The standard InChI is InChI=1S/C39H39ClN2O5/c1-39(2,3)47-38(44)27-10-11-29(33(22-27)25-12-17-30(40)18-13-25)24-46-32-19-14-26(15-20-32)36-41-34-23-28(37(43)45-4)16-21-35(34)42(36)31-8-6-5-7-9-31/h10-23,31H,5-9,24H2,1-4H3. The van der Waals surface area contributed by atoms with Crippen LogP contribution in [0.25, 0.3) is 33.5 Å². The second-order valence-corrected chi connectivity index (χ2v) is 13.4. The van der Waals surface area contributed by atoms with E-state index < -0.39 is 5.60 Å². The maximum Gasteiger partial charge on any atom is 0.338 e. The summed E-state index contributed by atoms with van der Waals surface area (Å²) in [4.78, 5) is 30.1. The summed E-state index contributed by atoms with van der Waals surface area (Å²) in [7, 11) is 1.39. The average Bonchev–Trinajstić information content (AvgIpc) is 3.46. The summed E-state index contributed by atoms with van der Waals surface area (Å²) in [5.74, 6) is 0.834. The van der Waals surface area contributed by atoms with Crippen LogP contribution in [0, 0.1) is 0 Å². The summed E-state index contributed by atoms with van der Waals surface area (Å²) in [6, 6.07) is 27.0. The molecule has 0 atom stereocenters. The predicted molar refractivity (Wildman–Crippen MR) is 185 cm³/mol. The Morgan fingerprint density at radius 2 is 1.49 bits per heavy atom. The van der Waals surface area contributed by atoms with Crippen molar-refractivity contribution in [2.75, 3.05) is 7.11 Å². The van der Waals surface area contributed by atoms with E-state index in [1.165, 1.54) is 26.4 Å². The number of carbonyl (C=O) groups is 2. The van der Waals surface area contributed by atoms with Crippen LogP contribution in [0.4, 0.5) is 0 Å². The van der Waals surface area contributed by atoms with E-state index in [9.17, 15) is 9.59 Å². The molecule has 1 aliphatic carbocycles. The number of rotatable bonds is 8. The van der Waals surface area contributed by atoms with Gasteiger partial charge in [0.25, 0.3) is 0 Å². The van der Waals surface area contributed by atoms with E-state index in [0.29, 0.717) is 34.5 Å². The van der Waals surface area contributed by atoms with Crippen molar-refractivity contribution in [3.63, 3.8) is 0 Å². The zero-order valence-corrected chi connectivity index (χ0v) is 28.0. The first kappa shape index (κ1) is 32.3. The lowest BCUT2D eigenvalue weighted by Gasteiger charge is -2.25. The molecular formula is C39H39ClN2O5. The molecule has 0 spiro atoms. The normalized spacial score (nSPS) is 13.8. The topological polar surface area (TPSA) is 79.7 Å². The van der Waals surface area contributed by atoms with E-state index in [2.05, 4.69) is 4.57 Å². The zero-order valence-electron chi connectivity index (χ0n) is 27.2. The molecule has 0 N–H and O–H groups in total. The third-order valence-electron chi connectivity index (χ3n) is 8.46. The third kappa shape index (κ3) is 7.36. The molecular weight excluding hydrogens is 612 g/mol. The summed E-state index contributed by atoms with van der Waals surface area (Å²) in [5.41, 5.74) is 5.84. The molecule has 0 amide bonds. The maximum absolute atomic E-state index is 12.9. The summed E-state index contributed by atoms with van der Waals surface area (Å²) < 4.78 is 19.2. The van der Waals surface area contributed by atoms with Crippen LogP contribution >= 0.6 is 11.6 Å². The minimum absolute atomic E-state index is 0.294. The van der Waals surface area contributed by atoms with Crippen molar-refractivity contribution >= 4 is 34.6 Å². The number of hydrogen-bond acceptors (Lipinski definition) is 6. The number of benzene rings is 4. The molecule has 4 aromatic carbocycles. The van der Waals surface area contributed by atoms with Gasteiger partial charge >= 0.3 is 11.9 Å². The van der Waals surface area contributed by atoms with Gasteiger partial charge in [0, 0.05) is 16.6 Å². The number of fused-ring (bicyclic) bond motifs is 1. The van der Waals surface area contributed by atoms with Crippen molar-refractivity contribution in [3.05, 3.63) is 107 Å². The molecule has 8 heteroatoms. The predicted octanol–water partition coefficient (Wildman–Crippen LogP) is 9.85. The van der Waals surface area contributed by atoms with E-state index in [1.54, 1.807) is 6.07 Å². The first-order valence-corrected chi connectivity index (χ1v) is 16.4. The Kier molecular flexibility index (Phi) is 9.37. The lowest BCUT2D eigenvalue weighted by atomic mass is 9.95. The number of halogens is 1. The fourth-order valence-corrected chi connectivity index (χ4v) is 6.31. The molecule has 1 fully saturated rings. The third-order valence-corrected chi connectivity index (χ3v) is 8.71. The minimum Gasteiger partial charge on any atom is -0.489 e. The van der Waals surface area contributed by atoms with Crippen LogP contribution in [0.2, 0.25) is 5.02 Å². The van der Waals surface area contributed by atoms with E-state index in [1.807, 2.05) is 99.6 Å². The van der Waals surface area contributed by atoms with Gasteiger partial charge in [-0.3, -0.25) is 0 Å². The van der Waals surface area contributed by atoms with Gasteiger partial charge in [0.15, 0.2) is 0 Å². The van der Waals surface area contributed by atoms with Gasteiger partial charge in [-0.05, 0) is 117 Å². The Bertz CT molecular complexity index is 1900. The van der Waals surface area contributed by atoms with Crippen LogP contribution in [0.1, 0.15) is 85.2 Å². The Morgan fingerprint density at radius 1 is 0.830 bits per heavy atom. The minimum atomic E-state index is -0.599. The molecule has 1 aliphatic rings. The van der Waals surface area contributed by atoms with E-state index in [0.717, 1.165) is 52.0 Å². The van der Waals surface area contributed by atoms with Gasteiger partial charge in [0.2, 0.25) is 0 Å². The van der Waals surface area contributed by atoms with Gasteiger partial charge in [-0.15, -0.1) is 0 Å². The van der Waals surface area contributed by atoms with Gasteiger partial charge in [-0.2, -0.15) is 0 Å². The lowest BCUT2D eigenvalue weighted by molar-refractivity contribution is 0.00693. The van der Waals surface area contributed by atoms with Crippen LogP contribution in [-0.4, -0.2) is 34.2 Å². The van der Waals surface area contributed by atoms with Crippen LogP contribution in [-0.2, 0) is 16.1 Å². The number of aromatic nitrogens is 2. The van der Waals surface area contributed by atoms with E-state index >= 15 is 0 Å². The fraction of sp³-hybridized carbons (Fsp3) is 0.308. The largest absolute Gasteiger partial charge is 0.489 e. The maximum atomic E-state index is 12.9. The molecule has 0 bridgehead atoms. The molecule has 1 heterocycles. The van der Waals surface area contributed by atoms with Crippen molar-refractivity contribution < 1.29 is 23.8 Å². The Balaban J connectivity index is 1.28. The van der Waals surface area contributed by atoms with Gasteiger partial charge < -0.3 is 18.8 Å². The van der Waals surface area contributed by atoms with Crippen LogP contribution in [0.15, 0.2) is 84.9 Å². The molecule has 242 valence electrons.